The number of pyridine rings is 1. The van der Waals surface area contributed by atoms with Gasteiger partial charge in [0, 0.05) is 28.9 Å². The van der Waals surface area contributed by atoms with E-state index in [2.05, 4.69) is 9.97 Å². The third-order valence-electron chi connectivity index (χ3n) is 2.96. The van der Waals surface area contributed by atoms with Crippen molar-refractivity contribution in [3.8, 4) is 11.3 Å². The zero-order chi connectivity index (χ0) is 13.4. The Bertz CT molecular complexity index is 830. The number of aromatic carboxylic acids is 1. The van der Waals surface area contributed by atoms with Crippen LogP contribution in [-0.4, -0.2) is 21.0 Å². The number of aromatic amines is 2. The lowest BCUT2D eigenvalue weighted by Crippen LogP contribution is -2.10. The molecule has 3 N–H and O–H groups in total. The first kappa shape index (κ1) is 11.3. The molecule has 0 fully saturated rings. The molecular weight excluding hydrogens is 244 g/mol. The molecule has 19 heavy (non-hydrogen) atoms. The molecule has 0 radical (unpaired) electrons. The zero-order valence-corrected chi connectivity index (χ0v) is 9.81. The van der Waals surface area contributed by atoms with Gasteiger partial charge < -0.3 is 15.1 Å². The third kappa shape index (κ3) is 2.01. The second-order valence-corrected chi connectivity index (χ2v) is 4.23. The van der Waals surface area contributed by atoms with E-state index in [1.54, 1.807) is 0 Å². The summed E-state index contributed by atoms with van der Waals surface area (Å²) in [5.41, 5.74) is 1.80. The van der Waals surface area contributed by atoms with Gasteiger partial charge in [0.25, 0.3) is 0 Å². The van der Waals surface area contributed by atoms with Crippen molar-refractivity contribution in [1.82, 2.24) is 9.97 Å². The standard InChI is InChI=1S/C14H10N2O3/c17-13-7-10(14(18)19)6-12(16-13)8-1-2-11-9(5-8)3-4-15-11/h1-7,15H,(H,16,17)(H,18,19). The predicted octanol–water partition coefficient (Wildman–Crippen LogP) is 2.22. The molecule has 3 aromatic rings. The number of hydrogen-bond acceptors (Lipinski definition) is 2. The summed E-state index contributed by atoms with van der Waals surface area (Å²) < 4.78 is 0. The fourth-order valence-electron chi connectivity index (χ4n) is 2.04. The van der Waals surface area contributed by atoms with Crippen LogP contribution in [0.15, 0.2) is 47.4 Å². The third-order valence-corrected chi connectivity index (χ3v) is 2.96. The summed E-state index contributed by atoms with van der Waals surface area (Å²) in [4.78, 5) is 28.1. The Labute approximate surface area is 107 Å². The molecule has 0 aliphatic carbocycles. The maximum atomic E-state index is 11.5. The minimum atomic E-state index is -1.12. The fraction of sp³-hybridized carbons (Fsp3) is 0. The van der Waals surface area contributed by atoms with Gasteiger partial charge in [0.2, 0.25) is 5.56 Å². The van der Waals surface area contributed by atoms with Crippen LogP contribution in [0.1, 0.15) is 10.4 Å². The normalized spacial score (nSPS) is 10.7. The van der Waals surface area contributed by atoms with Gasteiger partial charge in [-0.3, -0.25) is 4.79 Å². The molecule has 2 aromatic heterocycles. The number of aromatic nitrogens is 2. The van der Waals surface area contributed by atoms with Crippen molar-refractivity contribution in [2.24, 2.45) is 0 Å². The Morgan fingerprint density at radius 1 is 1.11 bits per heavy atom. The van der Waals surface area contributed by atoms with Gasteiger partial charge in [-0.25, -0.2) is 4.79 Å². The molecule has 5 nitrogen and oxygen atoms in total. The molecule has 0 saturated carbocycles. The lowest BCUT2D eigenvalue weighted by Gasteiger charge is -2.03. The van der Waals surface area contributed by atoms with Crippen molar-refractivity contribution in [3.63, 3.8) is 0 Å². The summed E-state index contributed by atoms with van der Waals surface area (Å²) in [7, 11) is 0. The number of carbonyl (C=O) groups is 1. The van der Waals surface area contributed by atoms with E-state index in [0.29, 0.717) is 5.69 Å². The number of carboxylic acid groups (broad SMARTS) is 1. The van der Waals surface area contributed by atoms with E-state index < -0.39 is 11.5 Å². The highest BCUT2D eigenvalue weighted by Crippen LogP contribution is 2.22. The number of nitrogens with one attached hydrogen (secondary N) is 2. The Hall–Kier alpha value is -2.82. The summed E-state index contributed by atoms with van der Waals surface area (Å²) >= 11 is 0. The average molecular weight is 254 g/mol. The molecule has 3 rings (SSSR count). The van der Waals surface area contributed by atoms with Crippen LogP contribution in [0.25, 0.3) is 22.2 Å². The predicted molar refractivity (Wildman–Crippen MR) is 71.3 cm³/mol. The van der Waals surface area contributed by atoms with Crippen LogP contribution in [-0.2, 0) is 0 Å². The molecule has 0 amide bonds. The number of H-pyrrole nitrogens is 2. The number of rotatable bonds is 2. The molecule has 0 bridgehead atoms. The van der Waals surface area contributed by atoms with Crippen molar-refractivity contribution < 1.29 is 9.90 Å². The van der Waals surface area contributed by atoms with Gasteiger partial charge in [-0.2, -0.15) is 0 Å². The number of fused-ring (bicyclic) bond motifs is 1. The molecule has 0 aliphatic rings. The first-order valence-electron chi connectivity index (χ1n) is 5.69. The van der Waals surface area contributed by atoms with Gasteiger partial charge >= 0.3 is 5.97 Å². The van der Waals surface area contributed by atoms with Crippen LogP contribution < -0.4 is 5.56 Å². The SMILES string of the molecule is O=C(O)c1cc(-c2ccc3[nH]ccc3c2)[nH]c(=O)c1. The van der Waals surface area contributed by atoms with E-state index in [-0.39, 0.29) is 5.56 Å². The second kappa shape index (κ2) is 4.13. The van der Waals surface area contributed by atoms with Crippen molar-refractivity contribution in [1.29, 1.82) is 0 Å². The molecule has 0 spiro atoms. The number of carboxylic acids is 1. The average Bonchev–Trinajstić information content (AvgIpc) is 2.85. The van der Waals surface area contributed by atoms with Crippen LogP contribution in [0.4, 0.5) is 0 Å². The van der Waals surface area contributed by atoms with E-state index in [0.717, 1.165) is 22.5 Å². The van der Waals surface area contributed by atoms with E-state index in [1.807, 2.05) is 30.5 Å². The summed E-state index contributed by atoms with van der Waals surface area (Å²) in [5.74, 6) is -1.12. The lowest BCUT2D eigenvalue weighted by molar-refractivity contribution is 0.0696. The lowest BCUT2D eigenvalue weighted by atomic mass is 10.1. The molecular formula is C14H10N2O3. The molecule has 5 heteroatoms. The fourth-order valence-corrected chi connectivity index (χ4v) is 2.04. The first-order valence-corrected chi connectivity index (χ1v) is 5.69. The van der Waals surface area contributed by atoms with Crippen molar-refractivity contribution in [2.75, 3.05) is 0 Å². The van der Waals surface area contributed by atoms with Crippen molar-refractivity contribution >= 4 is 16.9 Å². The minimum Gasteiger partial charge on any atom is -0.478 e. The van der Waals surface area contributed by atoms with Crippen molar-refractivity contribution in [2.45, 2.75) is 0 Å². The molecule has 1 aromatic carbocycles. The molecule has 0 unspecified atom stereocenters. The zero-order valence-electron chi connectivity index (χ0n) is 9.81. The van der Waals surface area contributed by atoms with Gasteiger partial charge in [0.15, 0.2) is 0 Å². The van der Waals surface area contributed by atoms with E-state index >= 15 is 0 Å². The number of benzene rings is 1. The van der Waals surface area contributed by atoms with Crippen LogP contribution in [0.5, 0.6) is 0 Å². The van der Waals surface area contributed by atoms with Crippen LogP contribution >= 0.6 is 0 Å². The largest absolute Gasteiger partial charge is 0.478 e. The van der Waals surface area contributed by atoms with Crippen LogP contribution in [0, 0.1) is 0 Å². The smallest absolute Gasteiger partial charge is 0.335 e. The van der Waals surface area contributed by atoms with E-state index in [1.165, 1.54) is 6.07 Å². The molecule has 94 valence electrons. The summed E-state index contributed by atoms with van der Waals surface area (Å²) in [6.45, 7) is 0. The monoisotopic (exact) mass is 254 g/mol. The molecule has 0 saturated heterocycles. The quantitative estimate of drug-likeness (QED) is 0.655. The summed E-state index contributed by atoms with van der Waals surface area (Å²) in [6, 6.07) is 10.0. The van der Waals surface area contributed by atoms with E-state index in [9.17, 15) is 9.59 Å². The van der Waals surface area contributed by atoms with E-state index in [4.69, 9.17) is 5.11 Å². The Morgan fingerprint density at radius 3 is 2.74 bits per heavy atom. The minimum absolute atomic E-state index is 0.0204. The topological polar surface area (TPSA) is 85.9 Å². The summed E-state index contributed by atoms with van der Waals surface area (Å²) in [6.07, 6.45) is 1.82. The Kier molecular flexibility index (Phi) is 2.45. The molecule has 2 heterocycles. The van der Waals surface area contributed by atoms with Gasteiger partial charge in [0.1, 0.15) is 0 Å². The van der Waals surface area contributed by atoms with Gasteiger partial charge in [-0.15, -0.1) is 0 Å². The number of hydrogen-bond donors (Lipinski definition) is 3. The summed E-state index contributed by atoms with van der Waals surface area (Å²) in [5, 5.41) is 9.96. The van der Waals surface area contributed by atoms with Crippen molar-refractivity contribution in [3.05, 3.63) is 58.5 Å². The second-order valence-electron chi connectivity index (χ2n) is 4.23. The first-order chi connectivity index (χ1) is 9.13. The highest BCUT2D eigenvalue weighted by atomic mass is 16.4. The van der Waals surface area contributed by atoms with Crippen LogP contribution in [0.3, 0.4) is 0 Å². The maximum absolute atomic E-state index is 11.5. The van der Waals surface area contributed by atoms with Gasteiger partial charge in [0.05, 0.1) is 5.56 Å². The molecule has 0 aliphatic heterocycles. The highest BCUT2D eigenvalue weighted by Gasteiger charge is 2.08. The Balaban J connectivity index is 2.19. The van der Waals surface area contributed by atoms with Gasteiger partial charge in [-0.05, 0) is 29.8 Å². The maximum Gasteiger partial charge on any atom is 0.335 e. The Morgan fingerprint density at radius 2 is 1.95 bits per heavy atom. The highest BCUT2D eigenvalue weighted by molar-refractivity contribution is 5.90. The van der Waals surface area contributed by atoms with Crippen LogP contribution in [0.2, 0.25) is 0 Å². The van der Waals surface area contributed by atoms with Gasteiger partial charge in [-0.1, -0.05) is 6.07 Å². The molecule has 0 atom stereocenters.